The van der Waals surface area contributed by atoms with Gasteiger partial charge in [-0.2, -0.15) is 0 Å². The van der Waals surface area contributed by atoms with E-state index in [9.17, 15) is 13.6 Å². The summed E-state index contributed by atoms with van der Waals surface area (Å²) in [6.45, 7) is 0.886. The first kappa shape index (κ1) is 15.5. The molecular formula is C16H17F2N3O2. The molecule has 0 saturated carbocycles. The second kappa shape index (κ2) is 6.36. The molecule has 0 bridgehead atoms. The van der Waals surface area contributed by atoms with Crippen LogP contribution in [-0.2, 0) is 24.2 Å². The Labute approximate surface area is 132 Å². The van der Waals surface area contributed by atoms with Crippen molar-refractivity contribution in [2.24, 2.45) is 5.92 Å². The van der Waals surface area contributed by atoms with Crippen molar-refractivity contribution in [2.45, 2.75) is 25.8 Å². The van der Waals surface area contributed by atoms with Crippen molar-refractivity contribution in [3.05, 3.63) is 47.5 Å². The Balaban J connectivity index is 1.54. The van der Waals surface area contributed by atoms with Crippen molar-refractivity contribution in [2.75, 3.05) is 6.54 Å². The normalized spacial score (nSPS) is 16.9. The number of halogens is 2. The number of carbonyl (C=O) groups excluding carboxylic acids is 1. The van der Waals surface area contributed by atoms with E-state index in [2.05, 4.69) is 10.3 Å². The molecule has 2 N–H and O–H groups in total. The van der Waals surface area contributed by atoms with Crippen LogP contribution in [-0.4, -0.2) is 27.1 Å². The van der Waals surface area contributed by atoms with E-state index in [1.54, 1.807) is 6.20 Å². The third-order valence-corrected chi connectivity index (χ3v) is 4.12. The number of fused-ring (bicyclic) bond motifs is 1. The monoisotopic (exact) mass is 321 g/mol. The minimum Gasteiger partial charge on any atom is -0.508 e. The van der Waals surface area contributed by atoms with Crippen molar-refractivity contribution in [1.82, 2.24) is 14.9 Å². The molecular weight excluding hydrogens is 304 g/mol. The fourth-order valence-corrected chi connectivity index (χ4v) is 2.86. The number of nitrogens with one attached hydrogen (secondary N) is 1. The zero-order valence-corrected chi connectivity index (χ0v) is 12.4. The number of carbonyl (C=O) groups is 1. The largest absolute Gasteiger partial charge is 0.508 e. The molecule has 0 fully saturated rings. The highest BCUT2D eigenvalue weighted by atomic mass is 19.1. The molecule has 3 rings (SSSR count). The number of aryl methyl sites for hydroxylation is 1. The van der Waals surface area contributed by atoms with Crippen LogP contribution < -0.4 is 5.32 Å². The van der Waals surface area contributed by atoms with Gasteiger partial charge in [0.25, 0.3) is 0 Å². The highest BCUT2D eigenvalue weighted by Crippen LogP contribution is 2.21. The lowest BCUT2D eigenvalue weighted by molar-refractivity contribution is -0.125. The molecule has 7 heteroatoms. The number of aromatic nitrogens is 2. The minimum absolute atomic E-state index is 0.0328. The summed E-state index contributed by atoms with van der Waals surface area (Å²) in [5.41, 5.74) is -0.137. The second-order valence-corrected chi connectivity index (χ2v) is 5.66. The molecule has 0 radical (unpaired) electrons. The lowest BCUT2D eigenvalue weighted by atomic mass is 9.97. The Hall–Kier alpha value is -2.44. The molecule has 1 aliphatic rings. The van der Waals surface area contributed by atoms with Gasteiger partial charge in [-0.25, -0.2) is 13.8 Å². The van der Waals surface area contributed by atoms with Gasteiger partial charge >= 0.3 is 0 Å². The molecule has 1 atom stereocenters. The smallest absolute Gasteiger partial charge is 0.223 e. The number of imidazole rings is 1. The summed E-state index contributed by atoms with van der Waals surface area (Å²) in [4.78, 5) is 16.4. The number of benzene rings is 1. The number of hydrogen-bond donors (Lipinski definition) is 2. The van der Waals surface area contributed by atoms with E-state index in [0.29, 0.717) is 6.42 Å². The van der Waals surface area contributed by atoms with Gasteiger partial charge in [-0.1, -0.05) is 0 Å². The van der Waals surface area contributed by atoms with Gasteiger partial charge in [0, 0.05) is 55.5 Å². The van der Waals surface area contributed by atoms with E-state index >= 15 is 0 Å². The molecule has 0 spiro atoms. The summed E-state index contributed by atoms with van der Waals surface area (Å²) < 4.78 is 29.2. The predicted molar refractivity (Wildman–Crippen MR) is 78.8 cm³/mol. The first-order chi connectivity index (χ1) is 11.0. The minimum atomic E-state index is -0.809. The molecule has 1 aliphatic heterocycles. The van der Waals surface area contributed by atoms with Gasteiger partial charge in [0.05, 0.1) is 0 Å². The van der Waals surface area contributed by atoms with Crippen LogP contribution in [0.2, 0.25) is 0 Å². The lowest BCUT2D eigenvalue weighted by Crippen LogP contribution is -2.36. The predicted octanol–water partition coefficient (Wildman–Crippen LogP) is 1.79. The summed E-state index contributed by atoms with van der Waals surface area (Å²) in [6, 6.07) is 1.72. The van der Waals surface area contributed by atoms with Crippen molar-refractivity contribution < 1.29 is 18.7 Å². The maximum atomic E-state index is 13.6. The van der Waals surface area contributed by atoms with Gasteiger partial charge in [-0.15, -0.1) is 0 Å². The average Bonchev–Trinajstić information content (AvgIpc) is 2.97. The highest BCUT2D eigenvalue weighted by molar-refractivity contribution is 5.79. The fourth-order valence-electron chi connectivity index (χ4n) is 2.86. The third-order valence-electron chi connectivity index (χ3n) is 4.12. The number of phenolic OH excluding ortho intramolecular Hbond substituents is 1. The fraction of sp³-hybridized carbons (Fsp3) is 0.375. The molecule has 1 aromatic heterocycles. The van der Waals surface area contributed by atoms with Gasteiger partial charge in [-0.05, 0) is 12.8 Å². The van der Waals surface area contributed by atoms with Gasteiger partial charge in [0.1, 0.15) is 23.2 Å². The standard InChI is InChI=1S/C16H17F2N3O2/c17-13-8-11(22)9-14(18)12(13)1-3-20-16(23)10-2-5-21-6-4-19-15(21)7-10/h4,6,8-10,22H,1-3,5,7H2,(H,20,23). The second-order valence-electron chi connectivity index (χ2n) is 5.66. The van der Waals surface area contributed by atoms with Gasteiger partial charge < -0.3 is 15.0 Å². The van der Waals surface area contributed by atoms with Crippen LogP contribution in [0.15, 0.2) is 24.5 Å². The van der Waals surface area contributed by atoms with E-state index in [4.69, 9.17) is 5.11 Å². The Morgan fingerprint density at radius 1 is 1.39 bits per heavy atom. The number of hydrogen-bond acceptors (Lipinski definition) is 3. The maximum absolute atomic E-state index is 13.6. The first-order valence-corrected chi connectivity index (χ1v) is 7.49. The number of phenols is 1. The summed E-state index contributed by atoms with van der Waals surface area (Å²) in [5, 5.41) is 11.8. The van der Waals surface area contributed by atoms with Crippen LogP contribution in [0.4, 0.5) is 8.78 Å². The van der Waals surface area contributed by atoms with Crippen LogP contribution in [0.5, 0.6) is 5.75 Å². The molecule has 5 nitrogen and oxygen atoms in total. The molecule has 2 aromatic rings. The number of aromatic hydroxyl groups is 1. The van der Waals surface area contributed by atoms with Crippen LogP contribution >= 0.6 is 0 Å². The molecule has 122 valence electrons. The van der Waals surface area contributed by atoms with E-state index < -0.39 is 17.4 Å². The lowest BCUT2D eigenvalue weighted by Gasteiger charge is -2.22. The first-order valence-electron chi connectivity index (χ1n) is 7.49. The van der Waals surface area contributed by atoms with Gasteiger partial charge in [0.2, 0.25) is 5.91 Å². The summed E-state index contributed by atoms with van der Waals surface area (Å²) in [6.07, 6.45) is 4.93. The highest BCUT2D eigenvalue weighted by Gasteiger charge is 2.25. The molecule has 1 amide bonds. The Morgan fingerprint density at radius 3 is 2.87 bits per heavy atom. The summed E-state index contributed by atoms with van der Waals surface area (Å²) in [5.74, 6) is -1.48. The molecule has 1 aromatic carbocycles. The van der Waals surface area contributed by atoms with Crippen LogP contribution in [0.25, 0.3) is 0 Å². The van der Waals surface area contributed by atoms with Gasteiger partial charge in [-0.3, -0.25) is 4.79 Å². The SMILES string of the molecule is O=C(NCCc1c(F)cc(O)cc1F)C1CCn2ccnc2C1. The maximum Gasteiger partial charge on any atom is 0.223 e. The molecule has 0 saturated heterocycles. The van der Waals surface area contributed by atoms with E-state index in [1.807, 2.05) is 10.8 Å². The zero-order chi connectivity index (χ0) is 16.4. The molecule has 23 heavy (non-hydrogen) atoms. The Bertz CT molecular complexity index is 707. The van der Waals surface area contributed by atoms with Crippen molar-refractivity contribution in [3.63, 3.8) is 0 Å². The molecule has 1 unspecified atom stereocenters. The van der Waals surface area contributed by atoms with E-state index in [1.165, 1.54) is 0 Å². The average molecular weight is 321 g/mol. The van der Waals surface area contributed by atoms with Gasteiger partial charge in [0.15, 0.2) is 0 Å². The molecule has 0 aliphatic carbocycles. The van der Waals surface area contributed by atoms with Crippen LogP contribution in [0.3, 0.4) is 0 Å². The van der Waals surface area contributed by atoms with Crippen LogP contribution in [0, 0.1) is 17.6 Å². The summed E-state index contributed by atoms with van der Waals surface area (Å²) in [7, 11) is 0. The van der Waals surface area contributed by atoms with Crippen molar-refractivity contribution in [1.29, 1.82) is 0 Å². The summed E-state index contributed by atoms with van der Waals surface area (Å²) >= 11 is 0. The van der Waals surface area contributed by atoms with E-state index in [0.717, 1.165) is 30.9 Å². The molecule has 2 heterocycles. The van der Waals surface area contributed by atoms with Crippen molar-refractivity contribution in [3.8, 4) is 5.75 Å². The Kier molecular flexibility index (Phi) is 4.27. The Morgan fingerprint density at radius 2 is 2.13 bits per heavy atom. The zero-order valence-electron chi connectivity index (χ0n) is 12.4. The number of nitrogens with zero attached hydrogens (tertiary/aromatic N) is 2. The topological polar surface area (TPSA) is 67.2 Å². The van der Waals surface area contributed by atoms with Crippen LogP contribution in [0.1, 0.15) is 17.8 Å². The number of rotatable bonds is 4. The van der Waals surface area contributed by atoms with Crippen molar-refractivity contribution >= 4 is 5.91 Å². The number of amides is 1. The quantitative estimate of drug-likeness (QED) is 0.902. The third kappa shape index (κ3) is 3.33. The van der Waals surface area contributed by atoms with E-state index in [-0.39, 0.29) is 30.4 Å².